The fourth-order valence-electron chi connectivity index (χ4n) is 2.78. The molecule has 96 valence electrons. The van der Waals surface area contributed by atoms with Crippen molar-refractivity contribution in [3.63, 3.8) is 0 Å². The van der Waals surface area contributed by atoms with Crippen LogP contribution in [0.25, 0.3) is 0 Å². The Morgan fingerprint density at radius 2 is 2.06 bits per heavy atom. The predicted molar refractivity (Wildman–Crippen MR) is 66.2 cm³/mol. The number of carbonyl (C=O) groups excluding carboxylic acids is 1. The van der Waals surface area contributed by atoms with Gasteiger partial charge in [-0.05, 0) is 30.5 Å². The van der Waals surface area contributed by atoms with Crippen molar-refractivity contribution in [1.82, 2.24) is 0 Å². The molecule has 4 heteroatoms. The van der Waals surface area contributed by atoms with Gasteiger partial charge in [-0.15, -0.1) is 0 Å². The zero-order valence-corrected chi connectivity index (χ0v) is 10.3. The maximum atomic E-state index is 11.6. The highest BCUT2D eigenvalue weighted by molar-refractivity contribution is 5.88. The third-order valence-corrected chi connectivity index (χ3v) is 3.77. The molecular weight excluding hydrogens is 232 g/mol. The molecule has 0 aromatic heterocycles. The summed E-state index contributed by atoms with van der Waals surface area (Å²) >= 11 is 0. The number of hydrogen-bond donors (Lipinski definition) is 1. The molecule has 0 bridgehead atoms. The van der Waals surface area contributed by atoms with E-state index >= 15 is 0 Å². The summed E-state index contributed by atoms with van der Waals surface area (Å²) in [6, 6.07) is 5.03. The van der Waals surface area contributed by atoms with Gasteiger partial charge in [0.15, 0.2) is 6.29 Å². The molecule has 4 nitrogen and oxygen atoms in total. The van der Waals surface area contributed by atoms with Gasteiger partial charge in [0.1, 0.15) is 5.75 Å². The van der Waals surface area contributed by atoms with Gasteiger partial charge >= 0.3 is 5.97 Å². The first kappa shape index (κ1) is 12.6. The standard InChI is InChI=1S/C14H16O4/c1-18-11-4-5-12(10(8-11)9-15)14(13(16)17)6-2-3-7-14/h4-5,8-9H,2-3,6-7H2,1H3,(H,16,17). The summed E-state index contributed by atoms with van der Waals surface area (Å²) in [5.74, 6) is -0.271. The maximum absolute atomic E-state index is 11.6. The molecule has 0 aliphatic heterocycles. The van der Waals surface area contributed by atoms with E-state index in [-0.39, 0.29) is 0 Å². The summed E-state index contributed by atoms with van der Waals surface area (Å²) in [5, 5.41) is 9.52. The molecule has 18 heavy (non-hydrogen) atoms. The molecule has 1 aliphatic rings. The topological polar surface area (TPSA) is 63.6 Å². The van der Waals surface area contributed by atoms with Crippen molar-refractivity contribution < 1.29 is 19.4 Å². The predicted octanol–water partition coefficient (Wildman–Crippen LogP) is 2.40. The quantitative estimate of drug-likeness (QED) is 0.831. The highest BCUT2D eigenvalue weighted by Crippen LogP contribution is 2.43. The second kappa shape index (κ2) is 4.80. The van der Waals surface area contributed by atoms with Crippen LogP contribution in [-0.4, -0.2) is 24.5 Å². The van der Waals surface area contributed by atoms with Gasteiger partial charge in [0.05, 0.1) is 12.5 Å². The zero-order chi connectivity index (χ0) is 13.2. The molecule has 0 unspecified atom stereocenters. The largest absolute Gasteiger partial charge is 0.497 e. The number of hydrogen-bond acceptors (Lipinski definition) is 3. The average Bonchev–Trinajstić information content (AvgIpc) is 2.88. The third-order valence-electron chi connectivity index (χ3n) is 3.77. The normalized spacial score (nSPS) is 17.4. The Hall–Kier alpha value is -1.84. The number of carboxylic acids is 1. The van der Waals surface area contributed by atoms with Crippen LogP contribution in [0.5, 0.6) is 5.75 Å². The lowest BCUT2D eigenvalue weighted by Gasteiger charge is -2.26. The molecule has 0 heterocycles. The number of rotatable bonds is 4. The number of aliphatic carboxylic acids is 1. The van der Waals surface area contributed by atoms with Crippen LogP contribution in [0, 0.1) is 0 Å². The van der Waals surface area contributed by atoms with Gasteiger partial charge in [-0.1, -0.05) is 18.9 Å². The van der Waals surface area contributed by atoms with Crippen LogP contribution in [-0.2, 0) is 10.2 Å². The van der Waals surface area contributed by atoms with Crippen molar-refractivity contribution >= 4 is 12.3 Å². The fraction of sp³-hybridized carbons (Fsp3) is 0.429. The summed E-state index contributed by atoms with van der Waals surface area (Å²) < 4.78 is 5.06. The van der Waals surface area contributed by atoms with E-state index in [0.717, 1.165) is 12.8 Å². The average molecular weight is 248 g/mol. The van der Waals surface area contributed by atoms with E-state index < -0.39 is 11.4 Å². The van der Waals surface area contributed by atoms with Gasteiger partial charge in [-0.2, -0.15) is 0 Å². The van der Waals surface area contributed by atoms with Crippen LogP contribution in [0.15, 0.2) is 18.2 Å². The molecule has 1 fully saturated rings. The number of benzene rings is 1. The summed E-state index contributed by atoms with van der Waals surface area (Å²) in [6.07, 6.45) is 3.67. The van der Waals surface area contributed by atoms with Gasteiger partial charge in [0.2, 0.25) is 0 Å². The van der Waals surface area contributed by atoms with Crippen molar-refractivity contribution in [3.8, 4) is 5.75 Å². The second-order valence-electron chi connectivity index (χ2n) is 4.67. The van der Waals surface area contributed by atoms with Crippen molar-refractivity contribution in [3.05, 3.63) is 29.3 Å². The summed E-state index contributed by atoms with van der Waals surface area (Å²) in [6.45, 7) is 0. The Labute approximate surface area is 106 Å². The molecule has 1 aliphatic carbocycles. The van der Waals surface area contributed by atoms with Crippen LogP contribution in [0.1, 0.15) is 41.6 Å². The minimum absolute atomic E-state index is 0.415. The molecule has 2 rings (SSSR count). The van der Waals surface area contributed by atoms with Crippen molar-refractivity contribution in [2.75, 3.05) is 7.11 Å². The van der Waals surface area contributed by atoms with E-state index in [1.54, 1.807) is 18.2 Å². The molecule has 0 amide bonds. The first-order chi connectivity index (χ1) is 8.64. The van der Waals surface area contributed by atoms with E-state index in [4.69, 9.17) is 4.74 Å². The first-order valence-electron chi connectivity index (χ1n) is 6.01. The van der Waals surface area contributed by atoms with Gasteiger partial charge in [0, 0.05) is 5.56 Å². The molecule has 1 N–H and O–H groups in total. The van der Waals surface area contributed by atoms with Gasteiger partial charge in [-0.25, -0.2) is 0 Å². The Kier molecular flexibility index (Phi) is 3.36. The Morgan fingerprint density at radius 3 is 2.56 bits per heavy atom. The van der Waals surface area contributed by atoms with E-state index in [2.05, 4.69) is 0 Å². The molecule has 1 aromatic carbocycles. The Bertz CT molecular complexity index is 473. The number of carboxylic acid groups (broad SMARTS) is 1. The Balaban J connectivity index is 2.54. The van der Waals surface area contributed by atoms with Crippen LogP contribution >= 0.6 is 0 Å². The van der Waals surface area contributed by atoms with Crippen LogP contribution in [0.3, 0.4) is 0 Å². The van der Waals surface area contributed by atoms with E-state index in [1.807, 2.05) is 0 Å². The van der Waals surface area contributed by atoms with E-state index in [0.29, 0.717) is 36.0 Å². The number of carbonyl (C=O) groups is 2. The summed E-state index contributed by atoms with van der Waals surface area (Å²) in [5.41, 5.74) is 0.129. The summed E-state index contributed by atoms with van der Waals surface area (Å²) in [4.78, 5) is 22.8. The van der Waals surface area contributed by atoms with Crippen LogP contribution in [0.2, 0.25) is 0 Å². The van der Waals surface area contributed by atoms with E-state index in [9.17, 15) is 14.7 Å². The van der Waals surface area contributed by atoms with Crippen LogP contribution in [0.4, 0.5) is 0 Å². The number of methoxy groups -OCH3 is 1. The molecule has 0 atom stereocenters. The van der Waals surface area contributed by atoms with Crippen molar-refractivity contribution in [2.24, 2.45) is 0 Å². The lowest BCUT2D eigenvalue weighted by molar-refractivity contribution is -0.143. The van der Waals surface area contributed by atoms with Crippen molar-refractivity contribution in [2.45, 2.75) is 31.1 Å². The maximum Gasteiger partial charge on any atom is 0.314 e. The van der Waals surface area contributed by atoms with E-state index in [1.165, 1.54) is 7.11 Å². The Morgan fingerprint density at radius 1 is 1.39 bits per heavy atom. The minimum atomic E-state index is -0.900. The molecule has 0 saturated heterocycles. The highest BCUT2D eigenvalue weighted by Gasteiger charge is 2.44. The molecule has 0 radical (unpaired) electrons. The van der Waals surface area contributed by atoms with Crippen LogP contribution < -0.4 is 4.74 Å². The molecule has 1 saturated carbocycles. The van der Waals surface area contributed by atoms with Gasteiger partial charge < -0.3 is 9.84 Å². The second-order valence-corrected chi connectivity index (χ2v) is 4.67. The zero-order valence-electron chi connectivity index (χ0n) is 10.3. The fourth-order valence-corrected chi connectivity index (χ4v) is 2.78. The lowest BCUT2D eigenvalue weighted by Crippen LogP contribution is -2.33. The monoisotopic (exact) mass is 248 g/mol. The summed E-state index contributed by atoms with van der Waals surface area (Å²) in [7, 11) is 1.52. The number of ether oxygens (including phenoxy) is 1. The van der Waals surface area contributed by atoms with Gasteiger partial charge in [-0.3, -0.25) is 9.59 Å². The molecule has 1 aromatic rings. The number of aldehydes is 1. The first-order valence-corrected chi connectivity index (χ1v) is 6.01. The molecular formula is C14H16O4. The minimum Gasteiger partial charge on any atom is -0.497 e. The van der Waals surface area contributed by atoms with Crippen molar-refractivity contribution in [1.29, 1.82) is 0 Å². The highest BCUT2D eigenvalue weighted by atomic mass is 16.5. The molecule has 0 spiro atoms. The SMILES string of the molecule is COc1ccc(C2(C(=O)O)CCCC2)c(C=O)c1. The third kappa shape index (κ3) is 1.88. The van der Waals surface area contributed by atoms with Gasteiger partial charge in [0.25, 0.3) is 0 Å². The smallest absolute Gasteiger partial charge is 0.314 e. The lowest BCUT2D eigenvalue weighted by atomic mass is 9.77.